The molecule has 0 bridgehead atoms. The van der Waals surface area contributed by atoms with Crippen LogP contribution in [0.2, 0.25) is 0 Å². The first kappa shape index (κ1) is 17.2. The lowest BCUT2D eigenvalue weighted by molar-refractivity contribution is -0.757. The van der Waals surface area contributed by atoms with Crippen LogP contribution in [0.1, 0.15) is 13.8 Å². The Morgan fingerprint density at radius 1 is 1.37 bits per heavy atom. The largest absolute Gasteiger partial charge is 0.352 e. The van der Waals surface area contributed by atoms with Crippen molar-refractivity contribution in [1.82, 2.24) is 10.6 Å². The molecule has 0 fully saturated rings. The Labute approximate surface area is 113 Å². The molecule has 0 saturated heterocycles. The van der Waals surface area contributed by atoms with Crippen molar-refractivity contribution in [3.05, 3.63) is 10.1 Å². The molecule has 0 aliphatic carbocycles. The number of carbonyl (C=O) groups excluding carboxylic acids is 3. The second-order valence-electron chi connectivity index (χ2n) is 3.40. The van der Waals surface area contributed by atoms with Crippen molar-refractivity contribution in [2.75, 3.05) is 18.9 Å². The van der Waals surface area contributed by atoms with Gasteiger partial charge < -0.3 is 15.5 Å². The fraction of sp³-hybridized carbons (Fsp3) is 0.667. The third-order valence-corrected chi connectivity index (χ3v) is 2.65. The van der Waals surface area contributed by atoms with E-state index in [0.29, 0.717) is 0 Å². The summed E-state index contributed by atoms with van der Waals surface area (Å²) in [4.78, 5) is 47.3. The minimum atomic E-state index is -0.969. The number of carbonyl (C=O) groups is 3. The molecule has 0 rings (SSSR count). The standard InChI is InChI=1S/C9H15N3O6S/c1-6(13)11-8(5-19-7(2)14)9(15)10-3-4-18-12(16)17/h8H,3-5H2,1-2H3,(H,10,15)(H,11,13). The van der Waals surface area contributed by atoms with Crippen molar-refractivity contribution in [3.63, 3.8) is 0 Å². The molecule has 0 aliphatic rings. The molecule has 0 aliphatic heterocycles. The molecule has 1 atom stereocenters. The van der Waals surface area contributed by atoms with Gasteiger partial charge in [-0.3, -0.25) is 14.4 Å². The first-order valence-corrected chi connectivity index (χ1v) is 6.27. The van der Waals surface area contributed by atoms with Gasteiger partial charge in [-0.2, -0.15) is 0 Å². The van der Waals surface area contributed by atoms with Crippen LogP contribution >= 0.6 is 11.8 Å². The van der Waals surface area contributed by atoms with Crippen LogP contribution in [0.4, 0.5) is 0 Å². The van der Waals surface area contributed by atoms with E-state index in [4.69, 9.17) is 0 Å². The molecule has 0 heterocycles. The first-order chi connectivity index (χ1) is 8.82. The van der Waals surface area contributed by atoms with Gasteiger partial charge in [0, 0.05) is 26.1 Å². The number of nitrogens with zero attached hydrogens (tertiary/aromatic N) is 1. The third-order valence-electron chi connectivity index (χ3n) is 1.75. The molecule has 1 unspecified atom stereocenters. The number of hydrogen-bond donors (Lipinski definition) is 2. The summed E-state index contributed by atoms with van der Waals surface area (Å²) < 4.78 is 0. The summed E-state index contributed by atoms with van der Waals surface area (Å²) in [5.41, 5.74) is 0. The monoisotopic (exact) mass is 293 g/mol. The first-order valence-electron chi connectivity index (χ1n) is 5.28. The fourth-order valence-corrected chi connectivity index (χ4v) is 1.68. The average molecular weight is 293 g/mol. The quantitative estimate of drug-likeness (QED) is 0.337. The zero-order valence-corrected chi connectivity index (χ0v) is 11.3. The molecule has 0 radical (unpaired) electrons. The minimum Gasteiger partial charge on any atom is -0.352 e. The van der Waals surface area contributed by atoms with Gasteiger partial charge in [0.1, 0.15) is 12.6 Å². The van der Waals surface area contributed by atoms with Gasteiger partial charge in [-0.1, -0.05) is 11.8 Å². The molecule has 10 heteroatoms. The summed E-state index contributed by atoms with van der Waals surface area (Å²) in [5.74, 6) is -0.849. The maximum absolute atomic E-state index is 11.7. The second kappa shape index (κ2) is 9.14. The lowest BCUT2D eigenvalue weighted by Gasteiger charge is -2.16. The van der Waals surface area contributed by atoms with Crippen LogP contribution < -0.4 is 10.6 Å². The highest BCUT2D eigenvalue weighted by atomic mass is 32.2. The molecule has 2 N–H and O–H groups in total. The van der Waals surface area contributed by atoms with E-state index in [2.05, 4.69) is 15.5 Å². The summed E-state index contributed by atoms with van der Waals surface area (Å²) >= 11 is 0.900. The van der Waals surface area contributed by atoms with E-state index in [0.717, 1.165) is 11.8 Å². The van der Waals surface area contributed by atoms with E-state index >= 15 is 0 Å². The van der Waals surface area contributed by atoms with Gasteiger partial charge in [-0.05, 0) is 0 Å². The van der Waals surface area contributed by atoms with Gasteiger partial charge in [-0.25, -0.2) is 0 Å². The van der Waals surface area contributed by atoms with Crippen LogP contribution in [-0.4, -0.2) is 47.0 Å². The number of thioether (sulfide) groups is 1. The maximum Gasteiger partial charge on any atom is 0.294 e. The number of nitrogens with one attached hydrogen (secondary N) is 2. The van der Waals surface area contributed by atoms with Gasteiger partial charge in [0.05, 0.1) is 0 Å². The van der Waals surface area contributed by atoms with E-state index in [1.807, 2.05) is 0 Å². The number of hydrogen-bond acceptors (Lipinski definition) is 7. The van der Waals surface area contributed by atoms with E-state index in [1.165, 1.54) is 13.8 Å². The molecule has 0 saturated carbocycles. The second-order valence-corrected chi connectivity index (χ2v) is 4.60. The molecule has 9 nitrogen and oxygen atoms in total. The molecule has 0 spiro atoms. The SMILES string of the molecule is CC(=O)NC(CSC(C)=O)C(=O)NCCO[N+](=O)[O-]. The Kier molecular flexibility index (Phi) is 8.25. The summed E-state index contributed by atoms with van der Waals surface area (Å²) in [6.45, 7) is 2.24. The lowest BCUT2D eigenvalue weighted by atomic mass is 10.3. The van der Waals surface area contributed by atoms with Gasteiger partial charge >= 0.3 is 0 Å². The van der Waals surface area contributed by atoms with Crippen LogP contribution in [-0.2, 0) is 19.2 Å². The van der Waals surface area contributed by atoms with E-state index in [1.54, 1.807) is 0 Å². The van der Waals surface area contributed by atoms with E-state index in [-0.39, 0.29) is 24.0 Å². The molecular formula is C9H15N3O6S. The Bertz CT molecular complexity index is 362. The lowest BCUT2D eigenvalue weighted by Crippen LogP contribution is -2.48. The smallest absolute Gasteiger partial charge is 0.294 e. The minimum absolute atomic E-state index is 0.0688. The van der Waals surface area contributed by atoms with Crippen molar-refractivity contribution in [2.45, 2.75) is 19.9 Å². The third kappa shape index (κ3) is 9.83. The molecular weight excluding hydrogens is 278 g/mol. The van der Waals surface area contributed by atoms with Crippen LogP contribution in [0.5, 0.6) is 0 Å². The number of amides is 2. The van der Waals surface area contributed by atoms with Crippen LogP contribution in [0.3, 0.4) is 0 Å². The summed E-state index contributed by atoms with van der Waals surface area (Å²) in [7, 11) is 0. The molecule has 19 heavy (non-hydrogen) atoms. The molecule has 108 valence electrons. The van der Waals surface area contributed by atoms with Crippen LogP contribution in [0, 0.1) is 10.1 Å². The zero-order chi connectivity index (χ0) is 14.8. The van der Waals surface area contributed by atoms with Crippen molar-refractivity contribution in [3.8, 4) is 0 Å². The normalized spacial score (nSPS) is 11.3. The Morgan fingerprint density at radius 2 is 2.00 bits per heavy atom. The molecule has 2 amide bonds. The highest BCUT2D eigenvalue weighted by molar-refractivity contribution is 8.13. The zero-order valence-electron chi connectivity index (χ0n) is 10.5. The van der Waals surface area contributed by atoms with Crippen molar-refractivity contribution in [1.29, 1.82) is 0 Å². The summed E-state index contributed by atoms with van der Waals surface area (Å²) in [6.07, 6.45) is 0. The highest BCUT2D eigenvalue weighted by Gasteiger charge is 2.19. The van der Waals surface area contributed by atoms with Crippen molar-refractivity contribution < 1.29 is 24.3 Å². The highest BCUT2D eigenvalue weighted by Crippen LogP contribution is 2.04. The van der Waals surface area contributed by atoms with Gasteiger partial charge in [0.15, 0.2) is 5.12 Å². The van der Waals surface area contributed by atoms with Gasteiger partial charge in [-0.15, -0.1) is 10.1 Å². The van der Waals surface area contributed by atoms with Crippen molar-refractivity contribution in [2.24, 2.45) is 0 Å². The summed E-state index contributed by atoms with van der Waals surface area (Å²) in [6, 6.07) is -0.873. The maximum atomic E-state index is 11.7. The van der Waals surface area contributed by atoms with Gasteiger partial charge in [0.2, 0.25) is 11.8 Å². The van der Waals surface area contributed by atoms with E-state index < -0.39 is 22.9 Å². The molecule has 0 aromatic heterocycles. The Hall–Kier alpha value is -1.84. The number of rotatable bonds is 8. The topological polar surface area (TPSA) is 128 Å². The predicted molar refractivity (Wildman–Crippen MR) is 66.7 cm³/mol. The predicted octanol–water partition coefficient (Wildman–Crippen LogP) is -0.905. The summed E-state index contributed by atoms with van der Waals surface area (Å²) in [5, 5.41) is 13.5. The van der Waals surface area contributed by atoms with Crippen molar-refractivity contribution >= 4 is 28.7 Å². The Balaban J connectivity index is 4.17. The molecule has 0 aromatic rings. The fourth-order valence-electron chi connectivity index (χ4n) is 1.05. The van der Waals surface area contributed by atoms with E-state index in [9.17, 15) is 24.5 Å². The molecule has 0 aromatic carbocycles. The average Bonchev–Trinajstić information content (AvgIpc) is 2.28. The van der Waals surface area contributed by atoms with Crippen LogP contribution in [0.15, 0.2) is 0 Å². The van der Waals surface area contributed by atoms with Crippen LogP contribution in [0.25, 0.3) is 0 Å². The Morgan fingerprint density at radius 3 is 2.47 bits per heavy atom. The van der Waals surface area contributed by atoms with Gasteiger partial charge in [0.25, 0.3) is 5.09 Å².